The fraction of sp³-hybridized carbons (Fsp3) is 0.286. The summed E-state index contributed by atoms with van der Waals surface area (Å²) in [4.78, 5) is 22.8. The van der Waals surface area contributed by atoms with Crippen molar-refractivity contribution in [3.05, 3.63) is 48.3 Å². The van der Waals surface area contributed by atoms with Gasteiger partial charge in [0, 0.05) is 31.8 Å². The Morgan fingerprint density at radius 2 is 2.12 bits per heavy atom. The van der Waals surface area contributed by atoms with Crippen molar-refractivity contribution in [2.75, 3.05) is 38.2 Å². The van der Waals surface area contributed by atoms with E-state index in [0.29, 0.717) is 47.4 Å². The van der Waals surface area contributed by atoms with Crippen molar-refractivity contribution in [1.29, 1.82) is 0 Å². The third-order valence-corrected chi connectivity index (χ3v) is 7.72. The van der Waals surface area contributed by atoms with Crippen molar-refractivity contribution in [3.8, 4) is 5.75 Å². The van der Waals surface area contributed by atoms with Gasteiger partial charge in [-0.15, -0.1) is 0 Å². The van der Waals surface area contributed by atoms with E-state index in [1.165, 1.54) is 35.4 Å². The Hall–Kier alpha value is -2.89. The normalized spacial score (nSPS) is 16.2. The number of fused-ring (bicyclic) bond motifs is 1. The first-order valence-corrected chi connectivity index (χ1v) is 12.1. The number of carbonyl (C=O) groups is 1. The molecule has 0 fully saturated rings. The molecule has 9 nitrogen and oxygen atoms in total. The van der Waals surface area contributed by atoms with Gasteiger partial charge >= 0.3 is 0 Å². The Morgan fingerprint density at radius 3 is 2.81 bits per heavy atom. The number of methoxy groups -OCH3 is 1. The molecule has 4 rings (SSSR count). The number of hydrogen-bond acceptors (Lipinski definition) is 8. The van der Waals surface area contributed by atoms with E-state index >= 15 is 0 Å². The van der Waals surface area contributed by atoms with Crippen LogP contribution in [-0.2, 0) is 19.6 Å². The number of carbonyl (C=O) groups excluding carboxylic acids is 1. The maximum Gasteiger partial charge on any atom is 0.281 e. The lowest BCUT2D eigenvalue weighted by Gasteiger charge is -2.20. The molecule has 2 aromatic heterocycles. The smallest absolute Gasteiger partial charge is 0.281 e. The average Bonchev–Trinajstić information content (AvgIpc) is 3.45. The predicted octanol–water partition coefficient (Wildman–Crippen LogP) is 2.47. The number of pyridine rings is 1. The zero-order chi connectivity index (χ0) is 22.7. The summed E-state index contributed by atoms with van der Waals surface area (Å²) < 4.78 is 38.4. The van der Waals surface area contributed by atoms with Gasteiger partial charge in [0.05, 0.1) is 35.3 Å². The summed E-state index contributed by atoms with van der Waals surface area (Å²) in [5.41, 5.74) is 1.73. The van der Waals surface area contributed by atoms with Gasteiger partial charge in [0.2, 0.25) is 0 Å². The number of hydrogen-bond donors (Lipinski definition) is 1. The molecule has 0 spiro atoms. The van der Waals surface area contributed by atoms with Crippen molar-refractivity contribution in [3.63, 3.8) is 0 Å². The molecule has 0 aliphatic carbocycles. The van der Waals surface area contributed by atoms with E-state index in [1.807, 2.05) is 12.1 Å². The van der Waals surface area contributed by atoms with Crippen molar-refractivity contribution >= 4 is 49.7 Å². The van der Waals surface area contributed by atoms with E-state index in [2.05, 4.69) is 15.0 Å². The van der Waals surface area contributed by atoms with E-state index < -0.39 is 10.0 Å². The lowest BCUT2D eigenvalue weighted by Crippen LogP contribution is -2.27. The van der Waals surface area contributed by atoms with Gasteiger partial charge < -0.3 is 19.3 Å². The number of ether oxygens (including phenoxy) is 2. The molecular weight excluding hydrogens is 452 g/mol. The highest BCUT2D eigenvalue weighted by molar-refractivity contribution is 8.15. The monoisotopic (exact) mass is 474 g/mol. The molecule has 11 heteroatoms. The quantitative estimate of drug-likeness (QED) is 0.374. The van der Waals surface area contributed by atoms with Crippen LogP contribution in [0, 0.1) is 0 Å². The third-order valence-electron chi connectivity index (χ3n) is 4.90. The van der Waals surface area contributed by atoms with Crippen LogP contribution in [0.25, 0.3) is 10.9 Å². The van der Waals surface area contributed by atoms with Gasteiger partial charge in [-0.05, 0) is 24.3 Å². The summed E-state index contributed by atoms with van der Waals surface area (Å²) in [6.45, 7) is 1.14. The number of sulfonamides is 1. The topological polar surface area (TPSA) is 114 Å². The Kier molecular flexibility index (Phi) is 6.49. The van der Waals surface area contributed by atoms with Crippen LogP contribution in [0.2, 0.25) is 0 Å². The lowest BCUT2D eigenvalue weighted by atomic mass is 10.2. The van der Waals surface area contributed by atoms with E-state index in [1.54, 1.807) is 25.3 Å². The van der Waals surface area contributed by atoms with Gasteiger partial charge in [0.1, 0.15) is 23.7 Å². The number of nitrogens with zero attached hydrogens (tertiary/aromatic N) is 3. The Bertz CT molecular complexity index is 1260. The molecule has 1 atom stereocenters. The predicted molar refractivity (Wildman–Crippen MR) is 124 cm³/mol. The van der Waals surface area contributed by atoms with Crippen LogP contribution in [0.15, 0.2) is 52.6 Å². The number of rotatable bonds is 9. The second-order valence-corrected chi connectivity index (χ2v) is 10.2. The first-order valence-electron chi connectivity index (χ1n) is 9.79. The van der Waals surface area contributed by atoms with Crippen molar-refractivity contribution in [2.45, 2.75) is 10.3 Å². The molecule has 0 saturated heterocycles. The van der Waals surface area contributed by atoms with Gasteiger partial charge in [-0.2, -0.15) is 8.42 Å². The average molecular weight is 475 g/mol. The zero-order valence-corrected chi connectivity index (χ0v) is 19.1. The number of anilines is 1. The molecule has 3 heterocycles. The Morgan fingerprint density at radius 1 is 1.28 bits per heavy atom. The summed E-state index contributed by atoms with van der Waals surface area (Å²) in [6.07, 6.45) is 2.32. The number of H-pyrrole nitrogens is 1. The number of aldehydes is 1. The van der Waals surface area contributed by atoms with Crippen LogP contribution >= 0.6 is 11.8 Å². The number of aromatic nitrogens is 2. The minimum absolute atomic E-state index is 0.0577. The standard InChI is InChI=1S/C21H22N4O5S2/c1-25(32(27,28)19-5-3-4-6-22-19)18-11-15(30-8-7-29-2)9-14-10-17(24-20(14)18)21-23-12-16(13-26)31-21/h3-6,9-11,13,16,24H,7-8,12H2,1-2H3. The number of thioether (sulfide) groups is 1. The first kappa shape index (κ1) is 22.3. The van der Waals surface area contributed by atoms with Gasteiger partial charge in [-0.1, -0.05) is 17.8 Å². The highest BCUT2D eigenvalue weighted by Crippen LogP contribution is 2.36. The molecule has 0 radical (unpaired) electrons. The highest BCUT2D eigenvalue weighted by atomic mass is 32.2. The molecule has 1 aliphatic heterocycles. The van der Waals surface area contributed by atoms with Crippen molar-refractivity contribution in [1.82, 2.24) is 9.97 Å². The molecule has 0 bridgehead atoms. The zero-order valence-electron chi connectivity index (χ0n) is 17.5. The molecule has 0 amide bonds. The van der Waals surface area contributed by atoms with Gasteiger partial charge in [0.25, 0.3) is 10.0 Å². The Balaban J connectivity index is 1.79. The van der Waals surface area contributed by atoms with Crippen molar-refractivity contribution in [2.24, 2.45) is 4.99 Å². The Labute approximate surface area is 189 Å². The summed E-state index contributed by atoms with van der Waals surface area (Å²) in [6, 6.07) is 10.1. The number of aliphatic imine (C=N–C) groups is 1. The van der Waals surface area contributed by atoms with Crippen LogP contribution < -0.4 is 9.04 Å². The highest BCUT2D eigenvalue weighted by Gasteiger charge is 2.27. The lowest BCUT2D eigenvalue weighted by molar-refractivity contribution is -0.107. The summed E-state index contributed by atoms with van der Waals surface area (Å²) >= 11 is 1.38. The number of nitrogens with one attached hydrogen (secondary N) is 1. The van der Waals surface area contributed by atoms with Crippen LogP contribution in [0.1, 0.15) is 5.69 Å². The second kappa shape index (κ2) is 9.31. The van der Waals surface area contributed by atoms with E-state index in [4.69, 9.17) is 9.47 Å². The minimum atomic E-state index is -3.91. The van der Waals surface area contributed by atoms with Crippen LogP contribution in [0.3, 0.4) is 0 Å². The van der Waals surface area contributed by atoms with Crippen LogP contribution in [0.5, 0.6) is 5.75 Å². The minimum Gasteiger partial charge on any atom is -0.491 e. The van der Waals surface area contributed by atoms with E-state index in [9.17, 15) is 13.2 Å². The van der Waals surface area contributed by atoms with Gasteiger partial charge in [0.15, 0.2) is 5.03 Å². The summed E-state index contributed by atoms with van der Waals surface area (Å²) in [5, 5.41) is 1.20. The molecule has 3 aromatic rings. The summed E-state index contributed by atoms with van der Waals surface area (Å²) in [5.74, 6) is 0.505. The maximum absolute atomic E-state index is 13.2. The van der Waals surface area contributed by atoms with Gasteiger partial charge in [-0.25, -0.2) is 4.98 Å². The van der Waals surface area contributed by atoms with Crippen LogP contribution in [0.4, 0.5) is 5.69 Å². The SMILES string of the molecule is COCCOc1cc(N(C)S(=O)(=O)c2ccccn2)c2[nH]c(C3=NCC(C=O)S3)cc2c1. The largest absolute Gasteiger partial charge is 0.491 e. The van der Waals surface area contributed by atoms with E-state index in [-0.39, 0.29) is 10.3 Å². The molecule has 0 saturated carbocycles. The maximum atomic E-state index is 13.2. The molecule has 1 N–H and O–H groups in total. The molecule has 168 valence electrons. The second-order valence-electron chi connectivity index (χ2n) is 7.01. The van der Waals surface area contributed by atoms with Gasteiger partial charge in [-0.3, -0.25) is 9.30 Å². The molecule has 32 heavy (non-hydrogen) atoms. The van der Waals surface area contributed by atoms with E-state index in [0.717, 1.165) is 11.7 Å². The number of aromatic amines is 1. The van der Waals surface area contributed by atoms with Crippen molar-refractivity contribution < 1.29 is 22.7 Å². The summed E-state index contributed by atoms with van der Waals surface area (Å²) in [7, 11) is -0.853. The number of benzene rings is 1. The molecule has 1 aliphatic rings. The molecule has 1 unspecified atom stereocenters. The first-order chi connectivity index (χ1) is 15.4. The fourth-order valence-electron chi connectivity index (χ4n) is 3.27. The van der Waals surface area contributed by atoms with Crippen LogP contribution in [-0.4, -0.2) is 68.9 Å². The fourth-order valence-corrected chi connectivity index (χ4v) is 5.27. The third kappa shape index (κ3) is 4.36. The molecular formula is C21H22N4O5S2. The molecule has 1 aromatic carbocycles.